The molecule has 6 nitrogen and oxygen atoms in total. The zero-order valence-electron chi connectivity index (χ0n) is 11.7. The molecule has 0 amide bonds. The van der Waals surface area contributed by atoms with E-state index in [-0.39, 0.29) is 5.92 Å². The van der Waals surface area contributed by atoms with Crippen molar-refractivity contribution in [2.24, 2.45) is 5.92 Å². The number of aromatic nitrogens is 2. The maximum atomic E-state index is 11.0. The summed E-state index contributed by atoms with van der Waals surface area (Å²) in [5, 5.41) is 12.1. The van der Waals surface area contributed by atoms with Crippen molar-refractivity contribution in [2.75, 3.05) is 29.9 Å². The van der Waals surface area contributed by atoms with Gasteiger partial charge in [0.1, 0.15) is 5.82 Å². The molecule has 1 saturated heterocycles. The molecule has 1 aliphatic heterocycles. The lowest BCUT2D eigenvalue weighted by Crippen LogP contribution is -2.37. The molecular formula is C14H20N4O2. The van der Waals surface area contributed by atoms with Crippen LogP contribution in [0.2, 0.25) is 0 Å². The molecule has 0 spiro atoms. The summed E-state index contributed by atoms with van der Waals surface area (Å²) < 4.78 is 0. The van der Waals surface area contributed by atoms with Crippen molar-refractivity contribution < 1.29 is 9.90 Å². The number of piperidine rings is 1. The van der Waals surface area contributed by atoms with Gasteiger partial charge in [-0.1, -0.05) is 6.08 Å². The second-order valence-electron chi connectivity index (χ2n) is 4.96. The molecule has 2 N–H and O–H groups in total. The maximum Gasteiger partial charge on any atom is 0.306 e. The molecule has 0 unspecified atom stereocenters. The van der Waals surface area contributed by atoms with Crippen LogP contribution < -0.4 is 10.2 Å². The normalized spacial score (nSPS) is 15.9. The molecule has 20 heavy (non-hydrogen) atoms. The molecule has 0 aromatic carbocycles. The van der Waals surface area contributed by atoms with E-state index in [1.807, 2.05) is 13.0 Å². The van der Waals surface area contributed by atoms with Gasteiger partial charge >= 0.3 is 5.97 Å². The van der Waals surface area contributed by atoms with Crippen LogP contribution in [0.5, 0.6) is 0 Å². The predicted octanol–water partition coefficient (Wildman–Crippen LogP) is 1.68. The Kier molecular flexibility index (Phi) is 4.55. The van der Waals surface area contributed by atoms with Crippen LogP contribution in [-0.4, -0.2) is 40.7 Å². The lowest BCUT2D eigenvalue weighted by Gasteiger charge is -2.31. The SMILES string of the molecule is C=CCNc1nc(C)cc(N2CCC(C(=O)O)CC2)n1. The summed E-state index contributed by atoms with van der Waals surface area (Å²) in [6.45, 7) is 7.62. The molecule has 0 radical (unpaired) electrons. The highest BCUT2D eigenvalue weighted by atomic mass is 16.4. The zero-order chi connectivity index (χ0) is 14.5. The van der Waals surface area contributed by atoms with Gasteiger partial charge in [0.15, 0.2) is 0 Å². The van der Waals surface area contributed by atoms with Gasteiger partial charge in [-0.05, 0) is 19.8 Å². The van der Waals surface area contributed by atoms with Crippen LogP contribution in [0.15, 0.2) is 18.7 Å². The number of aryl methyl sites for hydroxylation is 1. The standard InChI is InChI=1S/C14H20N4O2/c1-3-6-15-14-16-10(2)9-12(17-14)18-7-4-11(5-8-18)13(19)20/h3,9,11H,1,4-8H2,2H3,(H,19,20)(H,15,16,17). The average molecular weight is 276 g/mol. The Morgan fingerprint density at radius 1 is 1.55 bits per heavy atom. The van der Waals surface area contributed by atoms with Crippen molar-refractivity contribution in [3.8, 4) is 0 Å². The number of anilines is 2. The molecule has 0 saturated carbocycles. The topological polar surface area (TPSA) is 78.4 Å². The smallest absolute Gasteiger partial charge is 0.306 e. The number of carboxylic acids is 1. The highest BCUT2D eigenvalue weighted by Crippen LogP contribution is 2.23. The summed E-state index contributed by atoms with van der Waals surface area (Å²) in [6, 6.07) is 1.93. The third-order valence-electron chi connectivity index (χ3n) is 3.41. The number of aliphatic carboxylic acids is 1. The van der Waals surface area contributed by atoms with Crippen molar-refractivity contribution in [1.29, 1.82) is 0 Å². The summed E-state index contributed by atoms with van der Waals surface area (Å²) >= 11 is 0. The Morgan fingerprint density at radius 2 is 2.25 bits per heavy atom. The fourth-order valence-corrected chi connectivity index (χ4v) is 2.31. The first-order valence-electron chi connectivity index (χ1n) is 6.78. The van der Waals surface area contributed by atoms with Crippen LogP contribution in [0.4, 0.5) is 11.8 Å². The van der Waals surface area contributed by atoms with Crippen molar-refractivity contribution in [1.82, 2.24) is 9.97 Å². The predicted molar refractivity (Wildman–Crippen MR) is 78.0 cm³/mol. The van der Waals surface area contributed by atoms with Crippen molar-refractivity contribution in [2.45, 2.75) is 19.8 Å². The Bertz CT molecular complexity index is 496. The largest absolute Gasteiger partial charge is 0.481 e. The van der Waals surface area contributed by atoms with Gasteiger partial charge in [-0.2, -0.15) is 4.98 Å². The fraction of sp³-hybridized carbons (Fsp3) is 0.500. The third kappa shape index (κ3) is 3.46. The molecule has 0 atom stereocenters. The minimum absolute atomic E-state index is 0.229. The van der Waals surface area contributed by atoms with Gasteiger partial charge in [-0.15, -0.1) is 6.58 Å². The van der Waals surface area contributed by atoms with E-state index in [2.05, 4.69) is 26.8 Å². The minimum Gasteiger partial charge on any atom is -0.481 e. The number of hydrogen-bond donors (Lipinski definition) is 2. The van der Waals surface area contributed by atoms with E-state index >= 15 is 0 Å². The van der Waals surface area contributed by atoms with E-state index in [0.29, 0.717) is 38.4 Å². The fourth-order valence-electron chi connectivity index (χ4n) is 2.31. The minimum atomic E-state index is -0.697. The zero-order valence-corrected chi connectivity index (χ0v) is 11.7. The molecule has 2 rings (SSSR count). The molecule has 1 aliphatic rings. The molecule has 2 heterocycles. The molecule has 1 fully saturated rings. The summed E-state index contributed by atoms with van der Waals surface area (Å²) in [7, 11) is 0. The third-order valence-corrected chi connectivity index (χ3v) is 3.41. The second kappa shape index (κ2) is 6.36. The average Bonchev–Trinajstić information content (AvgIpc) is 2.44. The summed E-state index contributed by atoms with van der Waals surface area (Å²) in [5.74, 6) is 0.512. The van der Waals surface area contributed by atoms with E-state index in [0.717, 1.165) is 11.5 Å². The first-order chi connectivity index (χ1) is 9.60. The Morgan fingerprint density at radius 3 is 2.85 bits per heavy atom. The number of hydrogen-bond acceptors (Lipinski definition) is 5. The van der Waals surface area contributed by atoms with Crippen LogP contribution in [0.3, 0.4) is 0 Å². The first-order valence-corrected chi connectivity index (χ1v) is 6.78. The van der Waals surface area contributed by atoms with Gasteiger partial charge in [-0.3, -0.25) is 4.79 Å². The van der Waals surface area contributed by atoms with E-state index in [9.17, 15) is 4.79 Å². The van der Waals surface area contributed by atoms with Crippen LogP contribution in [0.25, 0.3) is 0 Å². The van der Waals surface area contributed by atoms with Gasteiger partial charge in [0.2, 0.25) is 5.95 Å². The molecule has 108 valence electrons. The first kappa shape index (κ1) is 14.3. The van der Waals surface area contributed by atoms with E-state index in [1.54, 1.807) is 6.08 Å². The number of carbonyl (C=O) groups is 1. The summed E-state index contributed by atoms with van der Waals surface area (Å²) in [4.78, 5) is 21.9. The van der Waals surface area contributed by atoms with Crippen LogP contribution in [-0.2, 0) is 4.79 Å². The highest BCUT2D eigenvalue weighted by Gasteiger charge is 2.25. The summed E-state index contributed by atoms with van der Waals surface area (Å²) in [6.07, 6.45) is 3.07. The molecule has 6 heteroatoms. The molecule has 0 aliphatic carbocycles. The monoisotopic (exact) mass is 276 g/mol. The van der Waals surface area contributed by atoms with Crippen molar-refractivity contribution in [3.05, 3.63) is 24.4 Å². The Labute approximate surface area is 118 Å². The van der Waals surface area contributed by atoms with Gasteiger partial charge < -0.3 is 15.3 Å². The van der Waals surface area contributed by atoms with E-state index in [4.69, 9.17) is 5.11 Å². The van der Waals surface area contributed by atoms with Crippen LogP contribution >= 0.6 is 0 Å². The second-order valence-corrected chi connectivity index (χ2v) is 4.96. The maximum absolute atomic E-state index is 11.0. The number of carboxylic acid groups (broad SMARTS) is 1. The van der Waals surface area contributed by atoms with Crippen LogP contribution in [0.1, 0.15) is 18.5 Å². The van der Waals surface area contributed by atoms with Gasteiger partial charge in [0.25, 0.3) is 0 Å². The quantitative estimate of drug-likeness (QED) is 0.797. The molecule has 0 bridgehead atoms. The number of rotatable bonds is 5. The lowest BCUT2D eigenvalue weighted by atomic mass is 9.97. The Balaban J connectivity index is 2.07. The van der Waals surface area contributed by atoms with E-state index < -0.39 is 5.97 Å². The van der Waals surface area contributed by atoms with Crippen molar-refractivity contribution >= 4 is 17.7 Å². The molecule has 1 aromatic rings. The van der Waals surface area contributed by atoms with Gasteiger partial charge in [0, 0.05) is 31.4 Å². The van der Waals surface area contributed by atoms with Crippen LogP contribution in [0, 0.1) is 12.8 Å². The molecule has 1 aromatic heterocycles. The lowest BCUT2D eigenvalue weighted by molar-refractivity contribution is -0.142. The Hall–Kier alpha value is -2.11. The van der Waals surface area contributed by atoms with E-state index in [1.165, 1.54) is 0 Å². The number of nitrogens with zero attached hydrogens (tertiary/aromatic N) is 3. The number of nitrogens with one attached hydrogen (secondary N) is 1. The summed E-state index contributed by atoms with van der Waals surface area (Å²) in [5.41, 5.74) is 0.891. The van der Waals surface area contributed by atoms with Gasteiger partial charge in [-0.25, -0.2) is 4.98 Å². The molecular weight excluding hydrogens is 256 g/mol. The van der Waals surface area contributed by atoms with Gasteiger partial charge in [0.05, 0.1) is 5.92 Å². The highest BCUT2D eigenvalue weighted by molar-refractivity contribution is 5.70. The van der Waals surface area contributed by atoms with Crippen molar-refractivity contribution in [3.63, 3.8) is 0 Å².